The van der Waals surface area contributed by atoms with E-state index in [0.29, 0.717) is 30.2 Å². The van der Waals surface area contributed by atoms with E-state index in [1.807, 2.05) is 13.8 Å². The molecule has 140 valence electrons. The lowest BCUT2D eigenvalue weighted by molar-refractivity contribution is -0.144. The van der Waals surface area contributed by atoms with Gasteiger partial charge in [-0.2, -0.15) is 0 Å². The third-order valence-corrected chi connectivity index (χ3v) is 3.62. The van der Waals surface area contributed by atoms with Gasteiger partial charge in [-0.3, -0.25) is 9.59 Å². The molecule has 1 amide bonds. The number of ether oxygens (including phenoxy) is 3. The summed E-state index contributed by atoms with van der Waals surface area (Å²) in [6.07, 6.45) is 0.655. The van der Waals surface area contributed by atoms with Gasteiger partial charge in [0.05, 0.1) is 21.3 Å². The zero-order chi connectivity index (χ0) is 19.0. The number of aryl methyl sites for hydroxylation is 1. The highest BCUT2D eigenvalue weighted by Gasteiger charge is 2.19. The SMILES string of the molecule is COc1cc(CCC(=O)N(CC(=O)O)CC(C)C)cc(OC)c1OC. The highest BCUT2D eigenvalue weighted by molar-refractivity contribution is 5.81. The lowest BCUT2D eigenvalue weighted by atomic mass is 10.1. The summed E-state index contributed by atoms with van der Waals surface area (Å²) in [5, 5.41) is 8.98. The Labute approximate surface area is 148 Å². The fraction of sp³-hybridized carbons (Fsp3) is 0.556. The van der Waals surface area contributed by atoms with Gasteiger partial charge in [0.2, 0.25) is 11.7 Å². The number of benzene rings is 1. The largest absolute Gasteiger partial charge is 0.493 e. The minimum Gasteiger partial charge on any atom is -0.493 e. The van der Waals surface area contributed by atoms with Gasteiger partial charge in [0.15, 0.2) is 11.5 Å². The maximum Gasteiger partial charge on any atom is 0.323 e. The van der Waals surface area contributed by atoms with Crippen molar-refractivity contribution in [2.45, 2.75) is 26.7 Å². The number of rotatable bonds is 10. The Morgan fingerprint density at radius 1 is 1.08 bits per heavy atom. The standard InChI is InChI=1S/C18H27NO6/c1-12(2)10-19(11-17(21)22)16(20)7-6-13-8-14(23-3)18(25-5)15(9-13)24-4/h8-9,12H,6-7,10-11H2,1-5H3,(H,21,22). The number of hydrogen-bond acceptors (Lipinski definition) is 5. The normalized spacial score (nSPS) is 10.5. The summed E-state index contributed by atoms with van der Waals surface area (Å²) in [5.41, 5.74) is 0.850. The van der Waals surface area contributed by atoms with Crippen LogP contribution in [0.3, 0.4) is 0 Å². The van der Waals surface area contributed by atoms with E-state index in [1.165, 1.54) is 26.2 Å². The van der Waals surface area contributed by atoms with Crippen molar-refractivity contribution in [3.05, 3.63) is 17.7 Å². The highest BCUT2D eigenvalue weighted by atomic mass is 16.5. The van der Waals surface area contributed by atoms with Crippen molar-refractivity contribution in [1.29, 1.82) is 0 Å². The molecule has 0 spiro atoms. The Balaban J connectivity index is 2.87. The van der Waals surface area contributed by atoms with Gasteiger partial charge in [-0.1, -0.05) is 13.8 Å². The molecule has 0 aliphatic carbocycles. The Morgan fingerprint density at radius 2 is 1.64 bits per heavy atom. The van der Waals surface area contributed by atoms with Gasteiger partial charge in [0.1, 0.15) is 6.54 Å². The van der Waals surface area contributed by atoms with Gasteiger partial charge >= 0.3 is 5.97 Å². The highest BCUT2D eigenvalue weighted by Crippen LogP contribution is 2.38. The van der Waals surface area contributed by atoms with Crippen LogP contribution in [-0.4, -0.2) is 56.3 Å². The molecule has 0 aliphatic rings. The Bertz CT molecular complexity index is 574. The van der Waals surface area contributed by atoms with Gasteiger partial charge in [-0.15, -0.1) is 0 Å². The van der Waals surface area contributed by atoms with Gasteiger partial charge in [0, 0.05) is 13.0 Å². The molecule has 0 aliphatic heterocycles. The maximum atomic E-state index is 12.4. The second kappa shape index (κ2) is 9.76. The van der Waals surface area contributed by atoms with Gasteiger partial charge in [-0.25, -0.2) is 0 Å². The molecule has 0 fully saturated rings. The molecule has 1 N–H and O–H groups in total. The molecule has 1 aromatic carbocycles. The first-order chi connectivity index (χ1) is 11.8. The molecule has 0 saturated carbocycles. The predicted molar refractivity (Wildman–Crippen MR) is 93.5 cm³/mol. The number of carboxylic acid groups (broad SMARTS) is 1. The van der Waals surface area contributed by atoms with Crippen molar-refractivity contribution in [3.63, 3.8) is 0 Å². The molecule has 1 aromatic rings. The van der Waals surface area contributed by atoms with Crippen LogP contribution in [0.1, 0.15) is 25.8 Å². The van der Waals surface area contributed by atoms with Crippen LogP contribution < -0.4 is 14.2 Å². The van der Waals surface area contributed by atoms with Crippen LogP contribution in [0.5, 0.6) is 17.2 Å². The van der Waals surface area contributed by atoms with Crippen LogP contribution in [0.15, 0.2) is 12.1 Å². The number of carbonyl (C=O) groups is 2. The number of amides is 1. The van der Waals surface area contributed by atoms with Crippen molar-refractivity contribution in [2.24, 2.45) is 5.92 Å². The second-order valence-electron chi connectivity index (χ2n) is 6.10. The molecule has 7 heteroatoms. The first-order valence-corrected chi connectivity index (χ1v) is 8.10. The molecule has 0 atom stereocenters. The third kappa shape index (κ3) is 6.17. The van der Waals surface area contributed by atoms with Gasteiger partial charge in [0.25, 0.3) is 0 Å². The second-order valence-corrected chi connectivity index (χ2v) is 6.10. The van der Waals surface area contributed by atoms with E-state index in [2.05, 4.69) is 0 Å². The fourth-order valence-corrected chi connectivity index (χ4v) is 2.55. The molecule has 0 aromatic heterocycles. The summed E-state index contributed by atoms with van der Waals surface area (Å²) in [7, 11) is 4.59. The lowest BCUT2D eigenvalue weighted by Gasteiger charge is -2.23. The topological polar surface area (TPSA) is 85.3 Å². The van der Waals surface area contributed by atoms with Crippen LogP contribution in [0.25, 0.3) is 0 Å². The van der Waals surface area contributed by atoms with E-state index >= 15 is 0 Å². The Hall–Kier alpha value is -2.44. The van der Waals surface area contributed by atoms with Crippen molar-refractivity contribution in [2.75, 3.05) is 34.4 Å². The monoisotopic (exact) mass is 353 g/mol. The molecule has 0 saturated heterocycles. The number of carboxylic acids is 1. The minimum absolute atomic E-state index is 0.190. The third-order valence-electron chi connectivity index (χ3n) is 3.62. The number of methoxy groups -OCH3 is 3. The number of carbonyl (C=O) groups excluding carboxylic acids is 1. The molecular formula is C18H27NO6. The zero-order valence-electron chi connectivity index (χ0n) is 15.5. The predicted octanol–water partition coefficient (Wildman–Crippen LogP) is 2.21. The zero-order valence-corrected chi connectivity index (χ0v) is 15.5. The molecular weight excluding hydrogens is 326 g/mol. The number of aliphatic carboxylic acids is 1. The van der Waals surface area contributed by atoms with E-state index in [0.717, 1.165) is 5.56 Å². The van der Waals surface area contributed by atoms with Gasteiger partial charge < -0.3 is 24.2 Å². The van der Waals surface area contributed by atoms with Crippen molar-refractivity contribution in [3.8, 4) is 17.2 Å². The molecule has 0 bridgehead atoms. The van der Waals surface area contributed by atoms with Crippen LogP contribution in [0, 0.1) is 5.92 Å². The summed E-state index contributed by atoms with van der Waals surface area (Å²) in [6.45, 7) is 4.02. The average Bonchev–Trinajstić information content (AvgIpc) is 2.56. The smallest absolute Gasteiger partial charge is 0.323 e. The number of hydrogen-bond donors (Lipinski definition) is 1. The lowest BCUT2D eigenvalue weighted by Crippen LogP contribution is -2.38. The average molecular weight is 353 g/mol. The summed E-state index contributed by atoms with van der Waals surface area (Å²) in [4.78, 5) is 24.7. The van der Waals surface area contributed by atoms with E-state index in [1.54, 1.807) is 12.1 Å². The molecule has 7 nitrogen and oxygen atoms in total. The van der Waals surface area contributed by atoms with Crippen LogP contribution in [0.2, 0.25) is 0 Å². The number of nitrogens with zero attached hydrogens (tertiary/aromatic N) is 1. The van der Waals surface area contributed by atoms with E-state index < -0.39 is 5.97 Å². The fourth-order valence-electron chi connectivity index (χ4n) is 2.55. The molecule has 1 rings (SSSR count). The van der Waals surface area contributed by atoms with E-state index in [9.17, 15) is 9.59 Å². The Kier molecular flexibility index (Phi) is 8.04. The van der Waals surface area contributed by atoms with Crippen molar-refractivity contribution < 1.29 is 28.9 Å². The summed E-state index contributed by atoms with van der Waals surface area (Å²) >= 11 is 0. The molecule has 0 heterocycles. The van der Waals surface area contributed by atoms with Crippen LogP contribution >= 0.6 is 0 Å². The minimum atomic E-state index is -1.01. The Morgan fingerprint density at radius 3 is 2.04 bits per heavy atom. The van der Waals surface area contributed by atoms with Crippen molar-refractivity contribution in [1.82, 2.24) is 4.90 Å². The summed E-state index contributed by atoms with van der Waals surface area (Å²) in [6, 6.07) is 3.58. The maximum absolute atomic E-state index is 12.4. The van der Waals surface area contributed by atoms with Gasteiger partial charge in [-0.05, 0) is 30.0 Å². The summed E-state index contributed by atoms with van der Waals surface area (Å²) in [5.74, 6) is 0.534. The first-order valence-electron chi connectivity index (χ1n) is 8.10. The quantitative estimate of drug-likeness (QED) is 0.694. The first kappa shape index (κ1) is 20.6. The summed E-state index contributed by atoms with van der Waals surface area (Å²) < 4.78 is 15.9. The molecule has 25 heavy (non-hydrogen) atoms. The van der Waals surface area contributed by atoms with Crippen molar-refractivity contribution >= 4 is 11.9 Å². The molecule has 0 radical (unpaired) electrons. The van der Waals surface area contributed by atoms with Crippen LogP contribution in [-0.2, 0) is 16.0 Å². The van der Waals surface area contributed by atoms with E-state index in [-0.39, 0.29) is 24.8 Å². The van der Waals surface area contributed by atoms with E-state index in [4.69, 9.17) is 19.3 Å². The van der Waals surface area contributed by atoms with Crippen LogP contribution in [0.4, 0.5) is 0 Å². The molecule has 0 unspecified atom stereocenters.